The number of hydrogen-bond acceptors (Lipinski definition) is 6. The maximum atomic E-state index is 13.5. The van der Waals surface area contributed by atoms with Crippen molar-refractivity contribution in [1.29, 1.82) is 0 Å². The molecule has 0 saturated carbocycles. The van der Waals surface area contributed by atoms with Crippen molar-refractivity contribution >= 4 is 16.9 Å². The predicted octanol–water partition coefficient (Wildman–Crippen LogP) is 2.34. The van der Waals surface area contributed by atoms with E-state index in [1.165, 1.54) is 40.5 Å². The standard InChI is InChI=1S/C25H27F2N7O3/c1-17-3-5-18(6-4-17)34-23-19(14-30-34)24(36)32(16-28-23)15-25(37)7-11-31(12-8-25)21(35)13-20(22(26)27)33-10-2-9-29-33/h2-6,9-10,14,16,20,22,37H,7-8,11-13,15H2,1H3/t20-/m0/s1. The second-order valence-electron chi connectivity index (χ2n) is 9.50. The van der Waals surface area contributed by atoms with Crippen LogP contribution < -0.4 is 5.56 Å². The van der Waals surface area contributed by atoms with Crippen molar-refractivity contribution < 1.29 is 18.7 Å². The number of aliphatic hydroxyl groups is 1. The summed E-state index contributed by atoms with van der Waals surface area (Å²) in [6.07, 6.45) is 2.93. The summed E-state index contributed by atoms with van der Waals surface area (Å²) in [4.78, 5) is 31.7. The molecular weight excluding hydrogens is 484 g/mol. The van der Waals surface area contributed by atoms with Crippen molar-refractivity contribution in [2.24, 2.45) is 0 Å². The first-order valence-electron chi connectivity index (χ1n) is 12.0. The third-order valence-electron chi connectivity index (χ3n) is 6.88. The number of aryl methyl sites for hydroxylation is 1. The summed E-state index contributed by atoms with van der Waals surface area (Å²) in [5.41, 5.74) is 0.732. The normalized spacial score (nSPS) is 16.4. The van der Waals surface area contributed by atoms with Gasteiger partial charge in [0.15, 0.2) is 5.65 Å². The Bertz CT molecular complexity index is 1440. The summed E-state index contributed by atoms with van der Waals surface area (Å²) in [5.74, 6) is -0.424. The van der Waals surface area contributed by atoms with Gasteiger partial charge in [0.05, 0.1) is 30.5 Å². The SMILES string of the molecule is Cc1ccc(-n2ncc3c(=O)n(CC4(O)CCN(C(=O)C[C@@H](C(F)F)n5cccn5)CC4)cnc32)cc1. The van der Waals surface area contributed by atoms with Crippen LogP contribution >= 0.6 is 0 Å². The highest BCUT2D eigenvalue weighted by atomic mass is 19.3. The Balaban J connectivity index is 1.26. The van der Waals surface area contributed by atoms with Gasteiger partial charge in [0, 0.05) is 25.5 Å². The number of benzene rings is 1. The molecule has 1 N–H and O–H groups in total. The topological polar surface area (TPSA) is 111 Å². The summed E-state index contributed by atoms with van der Waals surface area (Å²) < 4.78 is 31.0. The molecule has 1 aliphatic heterocycles. The number of aromatic nitrogens is 6. The third kappa shape index (κ3) is 5.01. The predicted molar refractivity (Wildman–Crippen MR) is 131 cm³/mol. The first-order valence-corrected chi connectivity index (χ1v) is 12.0. The zero-order chi connectivity index (χ0) is 26.2. The Morgan fingerprint density at radius 1 is 1.16 bits per heavy atom. The zero-order valence-corrected chi connectivity index (χ0v) is 20.2. The number of alkyl halides is 2. The maximum absolute atomic E-state index is 13.5. The molecule has 0 unspecified atom stereocenters. The molecular formula is C25H27F2N7O3. The van der Waals surface area contributed by atoms with Gasteiger partial charge < -0.3 is 10.0 Å². The Hall–Kier alpha value is -3.93. The van der Waals surface area contributed by atoms with E-state index in [0.717, 1.165) is 15.9 Å². The lowest BCUT2D eigenvalue weighted by molar-refractivity contribution is -0.138. The quantitative estimate of drug-likeness (QED) is 0.408. The molecule has 1 aromatic carbocycles. The minimum absolute atomic E-state index is 0.000534. The second kappa shape index (κ2) is 9.85. The third-order valence-corrected chi connectivity index (χ3v) is 6.88. The number of fused-ring (bicyclic) bond motifs is 1. The van der Waals surface area contributed by atoms with E-state index < -0.39 is 24.0 Å². The van der Waals surface area contributed by atoms with Gasteiger partial charge >= 0.3 is 0 Å². The van der Waals surface area contributed by atoms with Gasteiger partial charge in [-0.05, 0) is 38.0 Å². The fourth-order valence-corrected chi connectivity index (χ4v) is 4.67. The summed E-state index contributed by atoms with van der Waals surface area (Å²) in [7, 11) is 0. The van der Waals surface area contributed by atoms with Crippen molar-refractivity contribution in [3.05, 3.63) is 71.2 Å². The second-order valence-corrected chi connectivity index (χ2v) is 9.50. The Morgan fingerprint density at radius 2 is 1.89 bits per heavy atom. The van der Waals surface area contributed by atoms with E-state index in [-0.39, 0.29) is 44.5 Å². The lowest BCUT2D eigenvalue weighted by Crippen LogP contribution is -2.50. The Kier molecular flexibility index (Phi) is 6.59. The molecule has 1 fully saturated rings. The van der Waals surface area contributed by atoms with E-state index in [4.69, 9.17) is 0 Å². The van der Waals surface area contributed by atoms with Gasteiger partial charge in [-0.3, -0.25) is 18.8 Å². The van der Waals surface area contributed by atoms with E-state index in [0.29, 0.717) is 11.0 Å². The number of amides is 1. The minimum atomic E-state index is -2.74. The number of piperidine rings is 1. The van der Waals surface area contributed by atoms with Gasteiger partial charge in [0.2, 0.25) is 5.91 Å². The van der Waals surface area contributed by atoms with E-state index in [2.05, 4.69) is 15.2 Å². The zero-order valence-electron chi connectivity index (χ0n) is 20.2. The number of carbonyl (C=O) groups is 1. The van der Waals surface area contributed by atoms with Gasteiger partial charge in [-0.1, -0.05) is 17.7 Å². The summed E-state index contributed by atoms with van der Waals surface area (Å²) >= 11 is 0. The molecule has 1 amide bonds. The molecule has 5 rings (SSSR count). The van der Waals surface area contributed by atoms with Crippen molar-refractivity contribution in [1.82, 2.24) is 34.0 Å². The van der Waals surface area contributed by atoms with E-state index in [9.17, 15) is 23.5 Å². The number of carbonyl (C=O) groups excluding carboxylic acids is 1. The number of halogens is 2. The van der Waals surface area contributed by atoms with Crippen LogP contribution in [0.4, 0.5) is 8.78 Å². The van der Waals surface area contributed by atoms with Crippen LogP contribution in [-0.4, -0.2) is 70.1 Å². The van der Waals surface area contributed by atoms with Gasteiger partial charge in [-0.15, -0.1) is 0 Å². The first-order chi connectivity index (χ1) is 17.7. The Morgan fingerprint density at radius 3 is 2.54 bits per heavy atom. The highest BCUT2D eigenvalue weighted by molar-refractivity contribution is 5.77. The molecule has 1 aliphatic rings. The number of nitrogens with zero attached hydrogens (tertiary/aromatic N) is 7. The van der Waals surface area contributed by atoms with Crippen molar-refractivity contribution in [2.45, 2.75) is 50.8 Å². The van der Waals surface area contributed by atoms with Crippen molar-refractivity contribution in [2.75, 3.05) is 13.1 Å². The molecule has 0 spiro atoms. The molecule has 37 heavy (non-hydrogen) atoms. The molecule has 1 saturated heterocycles. The summed E-state index contributed by atoms with van der Waals surface area (Å²) in [5, 5.41) is 19.7. The highest BCUT2D eigenvalue weighted by Gasteiger charge is 2.36. The van der Waals surface area contributed by atoms with Gasteiger partial charge in [0.1, 0.15) is 17.8 Å². The largest absolute Gasteiger partial charge is 0.388 e. The van der Waals surface area contributed by atoms with Crippen LogP contribution in [-0.2, 0) is 11.3 Å². The number of likely N-dealkylation sites (tertiary alicyclic amines) is 1. The maximum Gasteiger partial charge on any atom is 0.264 e. The average Bonchev–Trinajstić information content (AvgIpc) is 3.56. The molecule has 10 nitrogen and oxygen atoms in total. The van der Waals surface area contributed by atoms with Crippen LogP contribution in [0, 0.1) is 6.92 Å². The van der Waals surface area contributed by atoms with Crippen LogP contribution in [0.1, 0.15) is 30.9 Å². The van der Waals surface area contributed by atoms with E-state index in [1.807, 2.05) is 31.2 Å². The lowest BCUT2D eigenvalue weighted by atomic mass is 9.91. The molecule has 3 aromatic heterocycles. The molecule has 194 valence electrons. The van der Waals surface area contributed by atoms with Gasteiger partial charge in [-0.25, -0.2) is 18.4 Å². The fraction of sp³-hybridized carbons (Fsp3) is 0.400. The lowest BCUT2D eigenvalue weighted by Gasteiger charge is -2.38. The van der Waals surface area contributed by atoms with Crippen LogP contribution in [0.25, 0.3) is 16.7 Å². The monoisotopic (exact) mass is 511 g/mol. The molecule has 4 aromatic rings. The van der Waals surface area contributed by atoms with Gasteiger partial charge in [-0.2, -0.15) is 10.2 Å². The van der Waals surface area contributed by atoms with Crippen molar-refractivity contribution in [3.63, 3.8) is 0 Å². The van der Waals surface area contributed by atoms with Gasteiger partial charge in [0.25, 0.3) is 12.0 Å². The van der Waals surface area contributed by atoms with E-state index >= 15 is 0 Å². The molecule has 0 radical (unpaired) electrons. The van der Waals surface area contributed by atoms with Crippen LogP contribution in [0.5, 0.6) is 0 Å². The number of hydrogen-bond donors (Lipinski definition) is 1. The summed E-state index contributed by atoms with van der Waals surface area (Å²) in [6, 6.07) is 7.86. The molecule has 1 atom stereocenters. The number of rotatable bonds is 7. The van der Waals surface area contributed by atoms with Crippen LogP contribution in [0.15, 0.2) is 60.0 Å². The Labute approximate surface area is 210 Å². The first kappa shape index (κ1) is 24.8. The van der Waals surface area contributed by atoms with E-state index in [1.54, 1.807) is 4.68 Å². The fourth-order valence-electron chi connectivity index (χ4n) is 4.67. The summed E-state index contributed by atoms with van der Waals surface area (Å²) in [6.45, 7) is 2.37. The average molecular weight is 512 g/mol. The molecule has 4 heterocycles. The van der Waals surface area contributed by atoms with Crippen molar-refractivity contribution in [3.8, 4) is 5.69 Å². The molecule has 12 heteroatoms. The molecule has 0 bridgehead atoms. The van der Waals surface area contributed by atoms with Crippen LogP contribution in [0.2, 0.25) is 0 Å². The smallest absolute Gasteiger partial charge is 0.264 e. The van der Waals surface area contributed by atoms with Crippen LogP contribution in [0.3, 0.4) is 0 Å². The minimum Gasteiger partial charge on any atom is -0.388 e. The molecule has 0 aliphatic carbocycles. The highest BCUT2D eigenvalue weighted by Crippen LogP contribution is 2.27.